The molecule has 0 bridgehead atoms. The predicted octanol–water partition coefficient (Wildman–Crippen LogP) is 5.21. The van der Waals surface area contributed by atoms with Crippen LogP contribution in [0, 0.1) is 19.7 Å². The van der Waals surface area contributed by atoms with Gasteiger partial charge in [-0.2, -0.15) is 0 Å². The molecule has 122 valence electrons. The lowest BCUT2D eigenvalue weighted by Gasteiger charge is -2.06. The topological polar surface area (TPSA) is 54.0 Å². The lowest BCUT2D eigenvalue weighted by Crippen LogP contribution is -2.19. The minimum Gasteiger partial charge on any atom is -0.305 e. The van der Waals surface area contributed by atoms with Gasteiger partial charge >= 0.3 is 6.03 Å². The molecule has 0 fully saturated rings. The highest BCUT2D eigenvalue weighted by Gasteiger charge is 2.11. The highest BCUT2D eigenvalue weighted by atomic mass is 32.1. The summed E-state index contributed by atoms with van der Waals surface area (Å²) < 4.78 is 13.5. The summed E-state index contributed by atoms with van der Waals surface area (Å²) in [5.74, 6) is -0.483. The maximum atomic E-state index is 13.5. The van der Waals surface area contributed by atoms with Gasteiger partial charge in [0, 0.05) is 10.9 Å². The van der Waals surface area contributed by atoms with Crippen molar-refractivity contribution in [2.45, 2.75) is 13.8 Å². The van der Waals surface area contributed by atoms with Crippen LogP contribution in [-0.2, 0) is 0 Å². The van der Waals surface area contributed by atoms with E-state index in [1.807, 2.05) is 31.4 Å². The van der Waals surface area contributed by atoms with E-state index in [1.54, 1.807) is 12.1 Å². The number of carbonyl (C=O) groups excluding carboxylic acids is 1. The van der Waals surface area contributed by atoms with Crippen molar-refractivity contribution in [3.8, 4) is 11.3 Å². The van der Waals surface area contributed by atoms with Gasteiger partial charge in [-0.05, 0) is 37.6 Å². The van der Waals surface area contributed by atoms with Crippen molar-refractivity contribution < 1.29 is 9.18 Å². The van der Waals surface area contributed by atoms with Crippen LogP contribution in [0.5, 0.6) is 0 Å². The van der Waals surface area contributed by atoms with Gasteiger partial charge in [0.2, 0.25) is 0 Å². The fraction of sp³-hybridized carbons (Fsp3) is 0.111. The number of hydrogen-bond donors (Lipinski definition) is 2. The van der Waals surface area contributed by atoms with Gasteiger partial charge in [0.1, 0.15) is 5.82 Å². The molecule has 2 N–H and O–H groups in total. The quantitative estimate of drug-likeness (QED) is 0.687. The molecule has 0 atom stereocenters. The lowest BCUT2D eigenvalue weighted by atomic mass is 10.0. The zero-order chi connectivity index (χ0) is 17.1. The second kappa shape index (κ2) is 6.80. The van der Waals surface area contributed by atoms with Crippen LogP contribution >= 0.6 is 11.3 Å². The number of hydrogen-bond acceptors (Lipinski definition) is 3. The molecular formula is C18H16FN3OS. The maximum absolute atomic E-state index is 13.5. The summed E-state index contributed by atoms with van der Waals surface area (Å²) in [5, 5.41) is 7.45. The van der Waals surface area contributed by atoms with Gasteiger partial charge in [-0.25, -0.2) is 14.2 Å². The monoisotopic (exact) mass is 341 g/mol. The molecule has 4 nitrogen and oxygen atoms in total. The minimum atomic E-state index is -0.526. The van der Waals surface area contributed by atoms with Gasteiger partial charge in [0.15, 0.2) is 5.13 Å². The van der Waals surface area contributed by atoms with Gasteiger partial charge < -0.3 is 5.32 Å². The zero-order valence-electron chi connectivity index (χ0n) is 13.3. The highest BCUT2D eigenvalue weighted by molar-refractivity contribution is 7.14. The fourth-order valence-corrected chi connectivity index (χ4v) is 2.99. The van der Waals surface area contributed by atoms with E-state index >= 15 is 0 Å². The summed E-state index contributed by atoms with van der Waals surface area (Å²) in [6, 6.07) is 11.6. The number of benzene rings is 2. The molecule has 2 amide bonds. The molecule has 1 aromatic heterocycles. The molecule has 0 aliphatic carbocycles. The molecule has 3 aromatic rings. The van der Waals surface area contributed by atoms with E-state index in [2.05, 4.69) is 21.7 Å². The number of urea groups is 1. The Kier molecular flexibility index (Phi) is 4.57. The number of halogens is 1. The third-order valence-corrected chi connectivity index (χ3v) is 4.27. The molecule has 0 saturated heterocycles. The standard InChI is InChI=1S/C18H16FN3OS/c1-11-7-8-12(2)13(9-11)16-10-24-18(21-16)22-17(23)20-15-6-4-3-5-14(15)19/h3-10H,1-2H3,(H2,20,21,22,23). The first-order chi connectivity index (χ1) is 11.5. The summed E-state index contributed by atoms with van der Waals surface area (Å²) in [6.45, 7) is 4.04. The van der Waals surface area contributed by atoms with Crippen molar-refractivity contribution in [3.05, 3.63) is 64.8 Å². The smallest absolute Gasteiger partial charge is 0.305 e. The number of para-hydroxylation sites is 1. The second-order valence-electron chi connectivity index (χ2n) is 5.42. The van der Waals surface area contributed by atoms with Crippen LogP contribution < -0.4 is 10.6 Å². The van der Waals surface area contributed by atoms with Crippen molar-refractivity contribution >= 4 is 28.2 Å². The fourth-order valence-electron chi connectivity index (χ4n) is 2.28. The number of rotatable bonds is 3. The number of amides is 2. The van der Waals surface area contributed by atoms with Crippen molar-refractivity contribution in [2.75, 3.05) is 10.6 Å². The molecule has 0 spiro atoms. The Morgan fingerprint density at radius 1 is 1.12 bits per heavy atom. The summed E-state index contributed by atoms with van der Waals surface area (Å²) in [5.41, 5.74) is 4.24. The molecule has 0 saturated carbocycles. The van der Waals surface area contributed by atoms with Crippen LogP contribution in [-0.4, -0.2) is 11.0 Å². The normalized spacial score (nSPS) is 10.5. The van der Waals surface area contributed by atoms with Crippen LogP contribution in [0.4, 0.5) is 20.0 Å². The number of carbonyl (C=O) groups is 1. The second-order valence-corrected chi connectivity index (χ2v) is 6.27. The van der Waals surface area contributed by atoms with Crippen molar-refractivity contribution in [3.63, 3.8) is 0 Å². The van der Waals surface area contributed by atoms with E-state index in [0.717, 1.165) is 22.4 Å². The van der Waals surface area contributed by atoms with E-state index in [-0.39, 0.29) is 5.69 Å². The molecule has 0 aliphatic rings. The Morgan fingerprint density at radius 3 is 2.71 bits per heavy atom. The molecule has 24 heavy (non-hydrogen) atoms. The maximum Gasteiger partial charge on any atom is 0.325 e. The minimum absolute atomic E-state index is 0.126. The largest absolute Gasteiger partial charge is 0.325 e. The highest BCUT2D eigenvalue weighted by Crippen LogP contribution is 2.28. The van der Waals surface area contributed by atoms with Crippen LogP contribution in [0.3, 0.4) is 0 Å². The van der Waals surface area contributed by atoms with Gasteiger partial charge in [-0.15, -0.1) is 11.3 Å². The molecule has 0 radical (unpaired) electrons. The summed E-state index contributed by atoms with van der Waals surface area (Å²) in [6.07, 6.45) is 0. The average molecular weight is 341 g/mol. The van der Waals surface area contributed by atoms with Crippen LogP contribution in [0.15, 0.2) is 47.8 Å². The van der Waals surface area contributed by atoms with E-state index in [4.69, 9.17) is 0 Å². The molecular weight excluding hydrogens is 325 g/mol. The molecule has 2 aromatic carbocycles. The Morgan fingerprint density at radius 2 is 1.92 bits per heavy atom. The number of aromatic nitrogens is 1. The summed E-state index contributed by atoms with van der Waals surface area (Å²) >= 11 is 1.33. The van der Waals surface area contributed by atoms with Gasteiger partial charge in [-0.3, -0.25) is 5.32 Å². The predicted molar refractivity (Wildman–Crippen MR) is 96.1 cm³/mol. The van der Waals surface area contributed by atoms with E-state index in [0.29, 0.717) is 5.13 Å². The van der Waals surface area contributed by atoms with Crippen molar-refractivity contribution in [2.24, 2.45) is 0 Å². The summed E-state index contributed by atoms with van der Waals surface area (Å²) in [4.78, 5) is 16.4. The first-order valence-electron chi connectivity index (χ1n) is 7.38. The van der Waals surface area contributed by atoms with E-state index in [9.17, 15) is 9.18 Å². The average Bonchev–Trinajstić information content (AvgIpc) is 3.00. The molecule has 6 heteroatoms. The van der Waals surface area contributed by atoms with E-state index < -0.39 is 11.8 Å². The number of anilines is 2. The van der Waals surface area contributed by atoms with Crippen LogP contribution in [0.2, 0.25) is 0 Å². The van der Waals surface area contributed by atoms with Crippen LogP contribution in [0.1, 0.15) is 11.1 Å². The van der Waals surface area contributed by atoms with Gasteiger partial charge in [0.05, 0.1) is 11.4 Å². The van der Waals surface area contributed by atoms with E-state index in [1.165, 1.54) is 23.5 Å². The van der Waals surface area contributed by atoms with Crippen molar-refractivity contribution in [1.82, 2.24) is 4.98 Å². The Bertz CT molecular complexity index is 891. The molecule has 1 heterocycles. The van der Waals surface area contributed by atoms with Gasteiger partial charge in [0.25, 0.3) is 0 Å². The number of thiazole rings is 1. The van der Waals surface area contributed by atoms with Crippen LogP contribution in [0.25, 0.3) is 11.3 Å². The third kappa shape index (κ3) is 3.60. The first-order valence-corrected chi connectivity index (χ1v) is 8.26. The SMILES string of the molecule is Cc1ccc(C)c(-c2csc(NC(=O)Nc3ccccc3F)n2)c1. The molecule has 0 aliphatic heterocycles. The molecule has 3 rings (SSSR count). The Labute approximate surface area is 143 Å². The Balaban J connectivity index is 1.73. The molecule has 0 unspecified atom stereocenters. The van der Waals surface area contributed by atoms with Crippen molar-refractivity contribution in [1.29, 1.82) is 0 Å². The lowest BCUT2D eigenvalue weighted by molar-refractivity contribution is 0.262. The summed E-state index contributed by atoms with van der Waals surface area (Å²) in [7, 11) is 0. The first kappa shape index (κ1) is 16.1. The van der Waals surface area contributed by atoms with Gasteiger partial charge in [-0.1, -0.05) is 29.8 Å². The number of nitrogens with one attached hydrogen (secondary N) is 2. The number of aryl methyl sites for hydroxylation is 2. The zero-order valence-corrected chi connectivity index (χ0v) is 14.1. The number of nitrogens with zero attached hydrogens (tertiary/aromatic N) is 1. The Hall–Kier alpha value is -2.73. The third-order valence-electron chi connectivity index (χ3n) is 3.52.